The Morgan fingerprint density at radius 1 is 0.929 bits per heavy atom. The normalized spacial score (nSPS) is 13.3. The molecule has 0 atom stereocenters. The molecule has 5 rings (SSSR count). The fraction of sp³-hybridized carbons (Fsp3) is 0.241. The van der Waals surface area contributed by atoms with Crippen molar-refractivity contribution in [2.45, 2.75) is 17.7 Å². The van der Waals surface area contributed by atoms with E-state index in [1.54, 1.807) is 53.4 Å². The SMILES string of the molecule is COc1cc(Nc2nc3ccccc3nc2NS(=O)(=O)c2cccc(CCC(=O)N3CC(C(N)=O)C3)c2)cc(OC)c1. The lowest BCUT2D eigenvalue weighted by Gasteiger charge is -2.37. The first-order valence-electron chi connectivity index (χ1n) is 13.1. The van der Waals surface area contributed by atoms with Crippen molar-refractivity contribution in [1.82, 2.24) is 14.9 Å². The maximum Gasteiger partial charge on any atom is 0.263 e. The van der Waals surface area contributed by atoms with E-state index < -0.39 is 15.9 Å². The van der Waals surface area contributed by atoms with Crippen LogP contribution in [0.1, 0.15) is 12.0 Å². The molecule has 3 aromatic carbocycles. The number of ether oxygens (including phenoxy) is 2. The van der Waals surface area contributed by atoms with Gasteiger partial charge >= 0.3 is 0 Å². The summed E-state index contributed by atoms with van der Waals surface area (Å²) in [6.45, 7) is 0.635. The number of nitrogens with one attached hydrogen (secondary N) is 2. The van der Waals surface area contributed by atoms with Crippen molar-refractivity contribution < 1.29 is 27.5 Å². The summed E-state index contributed by atoms with van der Waals surface area (Å²) in [5.74, 6) is 0.403. The number of benzene rings is 3. The predicted molar refractivity (Wildman–Crippen MR) is 157 cm³/mol. The van der Waals surface area contributed by atoms with Gasteiger partial charge in [0.25, 0.3) is 10.0 Å². The monoisotopic (exact) mass is 590 g/mol. The van der Waals surface area contributed by atoms with Gasteiger partial charge < -0.3 is 25.4 Å². The molecular formula is C29H30N6O6S. The van der Waals surface area contributed by atoms with E-state index in [9.17, 15) is 18.0 Å². The number of primary amides is 1. The van der Waals surface area contributed by atoms with Crippen LogP contribution in [0.15, 0.2) is 71.6 Å². The molecule has 2 amide bonds. The number of carbonyl (C=O) groups excluding carboxylic acids is 2. The molecule has 218 valence electrons. The second-order valence-electron chi connectivity index (χ2n) is 9.79. The third-order valence-corrected chi connectivity index (χ3v) is 8.23. The Hall–Kier alpha value is -4.91. The predicted octanol–water partition coefficient (Wildman–Crippen LogP) is 3.07. The van der Waals surface area contributed by atoms with E-state index in [4.69, 9.17) is 15.2 Å². The van der Waals surface area contributed by atoms with E-state index in [1.807, 2.05) is 6.07 Å². The van der Waals surface area contributed by atoms with Crippen molar-refractivity contribution in [3.63, 3.8) is 0 Å². The zero-order chi connectivity index (χ0) is 29.9. The minimum Gasteiger partial charge on any atom is -0.497 e. The number of para-hydroxylation sites is 2. The lowest BCUT2D eigenvalue weighted by atomic mass is 9.98. The van der Waals surface area contributed by atoms with Crippen LogP contribution in [-0.2, 0) is 26.0 Å². The van der Waals surface area contributed by atoms with Crippen molar-refractivity contribution >= 4 is 50.2 Å². The van der Waals surface area contributed by atoms with E-state index in [0.717, 1.165) is 0 Å². The molecule has 1 aliphatic heterocycles. The summed E-state index contributed by atoms with van der Waals surface area (Å²) in [4.78, 5) is 34.4. The Balaban J connectivity index is 1.38. The number of likely N-dealkylation sites (tertiary alicyclic amines) is 1. The lowest BCUT2D eigenvalue weighted by molar-refractivity contribution is -0.141. The van der Waals surface area contributed by atoms with Gasteiger partial charge in [-0.3, -0.25) is 14.3 Å². The standard InChI is InChI=1S/C29H30N6O6S/c1-40-21-13-20(14-22(15-21)41-2)31-28-29(33-25-9-4-3-8-24(25)32-28)34-42(38,39)23-7-5-6-18(12-23)10-11-26(36)35-16-19(17-35)27(30)37/h3-9,12-15,19H,10-11,16-17H2,1-2H3,(H2,30,37)(H,31,32)(H,33,34). The number of anilines is 3. The van der Waals surface area contributed by atoms with Gasteiger partial charge in [0, 0.05) is 43.4 Å². The molecular weight excluding hydrogens is 560 g/mol. The first-order valence-corrected chi connectivity index (χ1v) is 14.6. The van der Waals surface area contributed by atoms with Crippen molar-refractivity contribution in [2.24, 2.45) is 11.7 Å². The molecule has 13 heteroatoms. The van der Waals surface area contributed by atoms with E-state index in [0.29, 0.717) is 53.3 Å². The van der Waals surface area contributed by atoms with Crippen LogP contribution in [0.25, 0.3) is 11.0 Å². The van der Waals surface area contributed by atoms with Gasteiger partial charge in [0.1, 0.15) is 11.5 Å². The molecule has 4 aromatic rings. The number of rotatable bonds is 11. The highest BCUT2D eigenvalue weighted by molar-refractivity contribution is 7.92. The van der Waals surface area contributed by atoms with Crippen LogP contribution in [0.3, 0.4) is 0 Å². The molecule has 0 radical (unpaired) electrons. The number of nitrogens with zero attached hydrogens (tertiary/aromatic N) is 3. The second-order valence-corrected chi connectivity index (χ2v) is 11.5. The largest absolute Gasteiger partial charge is 0.497 e. The number of sulfonamides is 1. The number of hydrogen-bond acceptors (Lipinski definition) is 9. The summed E-state index contributed by atoms with van der Waals surface area (Å²) >= 11 is 0. The fourth-order valence-electron chi connectivity index (χ4n) is 4.50. The molecule has 0 spiro atoms. The maximum atomic E-state index is 13.5. The first kappa shape index (κ1) is 28.6. The number of aromatic nitrogens is 2. The highest BCUT2D eigenvalue weighted by atomic mass is 32.2. The third-order valence-electron chi connectivity index (χ3n) is 6.89. The topological polar surface area (TPSA) is 166 Å². The minimum absolute atomic E-state index is 0.00199. The van der Waals surface area contributed by atoms with Crippen LogP contribution in [-0.4, -0.2) is 62.4 Å². The minimum atomic E-state index is -4.10. The van der Waals surface area contributed by atoms with Gasteiger partial charge in [0.2, 0.25) is 11.8 Å². The molecule has 2 heterocycles. The average Bonchev–Trinajstić information content (AvgIpc) is 2.95. The molecule has 1 aromatic heterocycles. The summed E-state index contributed by atoms with van der Waals surface area (Å²) in [5.41, 5.74) is 7.56. The number of nitrogens with two attached hydrogens (primary N) is 1. The molecule has 0 saturated carbocycles. The number of carbonyl (C=O) groups is 2. The Labute approximate surface area is 242 Å². The Morgan fingerprint density at radius 3 is 2.19 bits per heavy atom. The van der Waals surface area contributed by atoms with Crippen LogP contribution < -0.4 is 25.2 Å². The van der Waals surface area contributed by atoms with Crippen LogP contribution in [0.5, 0.6) is 11.5 Å². The average molecular weight is 591 g/mol. The van der Waals surface area contributed by atoms with E-state index in [2.05, 4.69) is 20.0 Å². The Kier molecular flexibility index (Phi) is 8.11. The number of amides is 2. The molecule has 12 nitrogen and oxygen atoms in total. The van der Waals surface area contributed by atoms with Crippen LogP contribution >= 0.6 is 0 Å². The van der Waals surface area contributed by atoms with Gasteiger partial charge in [-0.05, 0) is 36.2 Å². The highest BCUT2D eigenvalue weighted by Crippen LogP contribution is 2.31. The summed E-state index contributed by atoms with van der Waals surface area (Å²) in [6, 6.07) is 18.6. The lowest BCUT2D eigenvalue weighted by Crippen LogP contribution is -2.54. The summed E-state index contributed by atoms with van der Waals surface area (Å²) in [5, 5.41) is 3.13. The van der Waals surface area contributed by atoms with Gasteiger partial charge in [-0.25, -0.2) is 18.4 Å². The maximum absolute atomic E-state index is 13.5. The smallest absolute Gasteiger partial charge is 0.263 e. The van der Waals surface area contributed by atoms with Crippen LogP contribution in [0, 0.1) is 5.92 Å². The zero-order valence-electron chi connectivity index (χ0n) is 23.0. The zero-order valence-corrected chi connectivity index (χ0v) is 23.8. The van der Waals surface area contributed by atoms with Crippen molar-refractivity contribution in [3.8, 4) is 11.5 Å². The van der Waals surface area contributed by atoms with Gasteiger partial charge in [-0.15, -0.1) is 0 Å². The molecule has 0 unspecified atom stereocenters. The van der Waals surface area contributed by atoms with E-state index >= 15 is 0 Å². The molecule has 4 N–H and O–H groups in total. The van der Waals surface area contributed by atoms with Crippen LogP contribution in [0.2, 0.25) is 0 Å². The quantitative estimate of drug-likeness (QED) is 0.238. The molecule has 0 bridgehead atoms. The van der Waals surface area contributed by atoms with E-state index in [1.165, 1.54) is 26.4 Å². The number of aryl methyl sites for hydroxylation is 1. The highest BCUT2D eigenvalue weighted by Gasteiger charge is 2.33. The molecule has 1 aliphatic rings. The van der Waals surface area contributed by atoms with Crippen molar-refractivity contribution in [3.05, 3.63) is 72.3 Å². The summed E-state index contributed by atoms with van der Waals surface area (Å²) in [7, 11) is -1.04. The van der Waals surface area contributed by atoms with Gasteiger partial charge in [0.15, 0.2) is 11.6 Å². The molecule has 42 heavy (non-hydrogen) atoms. The molecule has 1 saturated heterocycles. The fourth-order valence-corrected chi connectivity index (χ4v) is 5.58. The van der Waals surface area contributed by atoms with Crippen LogP contribution in [0.4, 0.5) is 17.3 Å². The van der Waals surface area contributed by atoms with Gasteiger partial charge in [-0.2, -0.15) is 0 Å². The summed E-state index contributed by atoms with van der Waals surface area (Å²) < 4.78 is 40.3. The first-order chi connectivity index (χ1) is 20.1. The molecule has 1 fully saturated rings. The second kappa shape index (κ2) is 11.9. The Morgan fingerprint density at radius 2 is 1.57 bits per heavy atom. The Bertz CT molecular complexity index is 1730. The molecule has 0 aliphatic carbocycles. The number of methoxy groups -OCH3 is 2. The van der Waals surface area contributed by atoms with Gasteiger partial charge in [0.05, 0.1) is 36.1 Å². The third kappa shape index (κ3) is 6.36. The summed E-state index contributed by atoms with van der Waals surface area (Å²) in [6.07, 6.45) is 0.511. The van der Waals surface area contributed by atoms with E-state index in [-0.39, 0.29) is 34.8 Å². The van der Waals surface area contributed by atoms with Crippen molar-refractivity contribution in [1.29, 1.82) is 0 Å². The van der Waals surface area contributed by atoms with Crippen molar-refractivity contribution in [2.75, 3.05) is 37.3 Å². The number of fused-ring (bicyclic) bond motifs is 1. The van der Waals surface area contributed by atoms with Gasteiger partial charge in [-0.1, -0.05) is 24.3 Å². The number of hydrogen-bond donors (Lipinski definition) is 3.